The first-order valence-corrected chi connectivity index (χ1v) is 8.99. The molecule has 2 heterocycles. The summed E-state index contributed by atoms with van der Waals surface area (Å²) in [6.07, 6.45) is 0.710. The maximum atomic E-state index is 12.4. The smallest absolute Gasteiger partial charge is 0.410 e. The van der Waals surface area contributed by atoms with Crippen molar-refractivity contribution in [1.29, 1.82) is 0 Å². The molecule has 2 atom stereocenters. The summed E-state index contributed by atoms with van der Waals surface area (Å²) in [7, 11) is 0. The number of para-hydroxylation sites is 2. The van der Waals surface area contributed by atoms with Crippen molar-refractivity contribution in [3.8, 4) is 11.5 Å². The fraction of sp³-hybridized carbons (Fsp3) is 0.579. The number of benzene rings is 1. The minimum absolute atomic E-state index is 0.0643. The fourth-order valence-corrected chi connectivity index (χ4v) is 3.09. The highest BCUT2D eigenvalue weighted by Crippen LogP contribution is 2.30. The van der Waals surface area contributed by atoms with Gasteiger partial charge in [0, 0.05) is 13.1 Å². The summed E-state index contributed by atoms with van der Waals surface area (Å²) in [4.78, 5) is 26.4. The van der Waals surface area contributed by atoms with Crippen molar-refractivity contribution >= 4 is 12.0 Å². The van der Waals surface area contributed by atoms with Gasteiger partial charge in [-0.25, -0.2) is 4.79 Å². The van der Waals surface area contributed by atoms with Gasteiger partial charge in [0.25, 0.3) is 5.91 Å². The first-order valence-electron chi connectivity index (χ1n) is 8.99. The highest BCUT2D eigenvalue weighted by molar-refractivity contribution is 5.82. The van der Waals surface area contributed by atoms with Crippen LogP contribution in [0.5, 0.6) is 11.5 Å². The Hall–Kier alpha value is -2.44. The van der Waals surface area contributed by atoms with Gasteiger partial charge in [-0.05, 0) is 45.7 Å². The second-order valence-corrected chi connectivity index (χ2v) is 7.58. The van der Waals surface area contributed by atoms with Crippen molar-refractivity contribution in [1.82, 2.24) is 10.2 Å². The molecule has 2 aliphatic heterocycles. The maximum Gasteiger partial charge on any atom is 0.410 e. The highest BCUT2D eigenvalue weighted by Gasteiger charge is 2.33. The van der Waals surface area contributed by atoms with Crippen LogP contribution < -0.4 is 14.8 Å². The SMILES string of the molecule is CC(C)(C)OC(=O)N1CCC[C@@H]1CNC(=O)[C@H]1COc2ccccc2O1. The lowest BCUT2D eigenvalue weighted by Gasteiger charge is -2.29. The number of amides is 2. The Morgan fingerprint density at radius 1 is 1.27 bits per heavy atom. The van der Waals surface area contributed by atoms with Crippen LogP contribution >= 0.6 is 0 Å². The molecule has 142 valence electrons. The van der Waals surface area contributed by atoms with Crippen molar-refractivity contribution in [2.45, 2.75) is 51.4 Å². The van der Waals surface area contributed by atoms with Crippen LogP contribution in [0.3, 0.4) is 0 Å². The van der Waals surface area contributed by atoms with Crippen LogP contribution in [-0.2, 0) is 9.53 Å². The van der Waals surface area contributed by atoms with Crippen LogP contribution in [0.15, 0.2) is 24.3 Å². The summed E-state index contributed by atoms with van der Waals surface area (Å²) in [5.74, 6) is 0.967. The van der Waals surface area contributed by atoms with Gasteiger partial charge < -0.3 is 24.4 Å². The Labute approximate surface area is 153 Å². The molecular weight excluding hydrogens is 336 g/mol. The average Bonchev–Trinajstić information content (AvgIpc) is 3.06. The third kappa shape index (κ3) is 4.39. The van der Waals surface area contributed by atoms with E-state index in [0.29, 0.717) is 24.6 Å². The van der Waals surface area contributed by atoms with E-state index in [0.717, 1.165) is 12.8 Å². The molecule has 1 aromatic rings. The number of likely N-dealkylation sites (tertiary alicyclic amines) is 1. The van der Waals surface area contributed by atoms with E-state index in [2.05, 4.69) is 5.32 Å². The van der Waals surface area contributed by atoms with Gasteiger partial charge >= 0.3 is 6.09 Å². The maximum absolute atomic E-state index is 12.4. The third-order valence-electron chi connectivity index (χ3n) is 4.32. The molecule has 1 saturated heterocycles. The minimum atomic E-state index is -0.693. The first-order chi connectivity index (χ1) is 12.3. The molecule has 7 nitrogen and oxygen atoms in total. The molecule has 0 aliphatic carbocycles. The van der Waals surface area contributed by atoms with E-state index >= 15 is 0 Å². The zero-order valence-electron chi connectivity index (χ0n) is 15.5. The predicted molar refractivity (Wildman–Crippen MR) is 95.3 cm³/mol. The van der Waals surface area contributed by atoms with E-state index in [1.807, 2.05) is 32.9 Å². The molecule has 2 amide bonds. The number of ether oxygens (including phenoxy) is 3. The number of nitrogens with one attached hydrogen (secondary N) is 1. The number of carbonyl (C=O) groups is 2. The quantitative estimate of drug-likeness (QED) is 0.893. The molecule has 26 heavy (non-hydrogen) atoms. The van der Waals surface area contributed by atoms with Crippen molar-refractivity contribution in [3.63, 3.8) is 0 Å². The van der Waals surface area contributed by atoms with E-state index < -0.39 is 11.7 Å². The summed E-state index contributed by atoms with van der Waals surface area (Å²) < 4.78 is 16.7. The Morgan fingerprint density at radius 2 is 2.00 bits per heavy atom. The number of nitrogens with zero attached hydrogens (tertiary/aromatic N) is 1. The topological polar surface area (TPSA) is 77.1 Å². The third-order valence-corrected chi connectivity index (χ3v) is 4.32. The summed E-state index contributed by atoms with van der Waals surface area (Å²) in [6, 6.07) is 7.20. The molecule has 0 spiro atoms. The predicted octanol–water partition coefficient (Wildman–Crippen LogP) is 2.34. The van der Waals surface area contributed by atoms with Gasteiger partial charge in [-0.15, -0.1) is 0 Å². The second-order valence-electron chi connectivity index (χ2n) is 7.58. The van der Waals surface area contributed by atoms with Crippen molar-refractivity contribution in [2.24, 2.45) is 0 Å². The van der Waals surface area contributed by atoms with Gasteiger partial charge in [-0.3, -0.25) is 4.79 Å². The normalized spacial score (nSPS) is 22.0. The highest BCUT2D eigenvalue weighted by atomic mass is 16.6. The van der Waals surface area contributed by atoms with Crippen LogP contribution in [0.2, 0.25) is 0 Å². The zero-order valence-corrected chi connectivity index (χ0v) is 15.5. The number of hydrogen-bond donors (Lipinski definition) is 1. The van der Waals surface area contributed by atoms with Crippen LogP contribution in [-0.4, -0.2) is 54.3 Å². The zero-order chi connectivity index (χ0) is 18.7. The molecule has 0 radical (unpaired) electrons. The Kier molecular flexibility index (Phi) is 5.25. The largest absolute Gasteiger partial charge is 0.485 e. The van der Waals surface area contributed by atoms with Crippen molar-refractivity contribution < 1.29 is 23.8 Å². The average molecular weight is 362 g/mol. The molecule has 3 rings (SSSR count). The molecule has 1 aromatic carbocycles. The number of carbonyl (C=O) groups excluding carboxylic acids is 2. The summed E-state index contributed by atoms with van der Waals surface area (Å²) >= 11 is 0. The van der Waals surface area contributed by atoms with Gasteiger partial charge in [0.05, 0.1) is 6.04 Å². The summed E-state index contributed by atoms with van der Waals surface area (Å²) in [5, 5.41) is 2.88. The monoisotopic (exact) mass is 362 g/mol. The molecular formula is C19H26N2O5. The lowest BCUT2D eigenvalue weighted by molar-refractivity contribution is -0.130. The van der Waals surface area contributed by atoms with Gasteiger partial charge in [0.1, 0.15) is 12.2 Å². The molecule has 0 bridgehead atoms. The van der Waals surface area contributed by atoms with Gasteiger partial charge in [-0.1, -0.05) is 12.1 Å². The fourth-order valence-electron chi connectivity index (χ4n) is 3.09. The van der Waals surface area contributed by atoms with Crippen LogP contribution in [0.1, 0.15) is 33.6 Å². The van der Waals surface area contributed by atoms with Crippen LogP contribution in [0, 0.1) is 0 Å². The van der Waals surface area contributed by atoms with Crippen molar-refractivity contribution in [3.05, 3.63) is 24.3 Å². The molecule has 1 N–H and O–H groups in total. The first kappa shape index (κ1) is 18.4. The molecule has 0 saturated carbocycles. The van der Waals surface area contributed by atoms with E-state index in [1.165, 1.54) is 0 Å². The molecule has 7 heteroatoms. The van der Waals surface area contributed by atoms with E-state index in [1.54, 1.807) is 17.0 Å². The van der Waals surface area contributed by atoms with Crippen LogP contribution in [0.4, 0.5) is 4.79 Å². The van der Waals surface area contributed by atoms with E-state index in [9.17, 15) is 9.59 Å². The lowest BCUT2D eigenvalue weighted by atomic mass is 10.2. The second kappa shape index (κ2) is 7.43. The van der Waals surface area contributed by atoms with Gasteiger partial charge in [-0.2, -0.15) is 0 Å². The van der Waals surface area contributed by atoms with Crippen LogP contribution in [0.25, 0.3) is 0 Å². The summed E-state index contributed by atoms with van der Waals surface area (Å²) in [6.45, 7) is 6.72. The van der Waals surface area contributed by atoms with E-state index in [4.69, 9.17) is 14.2 Å². The molecule has 0 unspecified atom stereocenters. The molecule has 1 fully saturated rings. The number of hydrogen-bond acceptors (Lipinski definition) is 5. The molecule has 2 aliphatic rings. The minimum Gasteiger partial charge on any atom is -0.485 e. The Balaban J connectivity index is 1.52. The Morgan fingerprint density at radius 3 is 2.73 bits per heavy atom. The Bertz CT molecular complexity index is 670. The van der Waals surface area contributed by atoms with Gasteiger partial charge in [0.2, 0.25) is 6.10 Å². The number of rotatable bonds is 3. The lowest BCUT2D eigenvalue weighted by Crippen LogP contribution is -2.49. The number of fused-ring (bicyclic) bond motifs is 1. The molecule has 0 aromatic heterocycles. The van der Waals surface area contributed by atoms with Crippen molar-refractivity contribution in [2.75, 3.05) is 19.7 Å². The van der Waals surface area contributed by atoms with Gasteiger partial charge in [0.15, 0.2) is 11.5 Å². The summed E-state index contributed by atoms with van der Waals surface area (Å²) in [5.41, 5.74) is -0.534. The van der Waals surface area contributed by atoms with E-state index in [-0.39, 0.29) is 24.6 Å². The standard InChI is InChI=1S/C19H26N2O5/c1-19(2,3)26-18(23)21-10-6-7-13(21)11-20-17(22)16-12-24-14-8-4-5-9-15(14)25-16/h4-5,8-9,13,16H,6-7,10-12H2,1-3H3,(H,20,22)/t13-,16-/m1/s1.